The molecule has 0 heterocycles. The van der Waals surface area contributed by atoms with Gasteiger partial charge >= 0.3 is 5.97 Å². The molecule has 0 saturated carbocycles. The van der Waals surface area contributed by atoms with Crippen molar-refractivity contribution in [2.75, 3.05) is 19.0 Å². The van der Waals surface area contributed by atoms with Crippen LogP contribution in [0.25, 0.3) is 0 Å². The van der Waals surface area contributed by atoms with Crippen molar-refractivity contribution in [2.24, 2.45) is 15.3 Å². The van der Waals surface area contributed by atoms with Crippen molar-refractivity contribution < 1.29 is 34.0 Å². The maximum Gasteiger partial charge on any atom is 0.336 e. The number of carbonyl (C=O) groups is 2. The van der Waals surface area contributed by atoms with E-state index in [0.29, 0.717) is 11.1 Å². The molecule has 0 spiro atoms. The van der Waals surface area contributed by atoms with Gasteiger partial charge in [0.15, 0.2) is 17.9 Å². The molecule has 13 heteroatoms. The van der Waals surface area contributed by atoms with Gasteiger partial charge in [-0.1, -0.05) is 22.9 Å². The summed E-state index contributed by atoms with van der Waals surface area (Å²) < 4.78 is 20.1. The fourth-order valence-electron chi connectivity index (χ4n) is 3.08. The fraction of sp³-hybridized carbons (Fsp3) is 0.217. The van der Waals surface area contributed by atoms with E-state index in [-0.39, 0.29) is 46.3 Å². The smallest absolute Gasteiger partial charge is 0.336 e. The van der Waals surface area contributed by atoms with Crippen LogP contribution in [0.15, 0.2) is 51.7 Å². The molecule has 5 N–H and O–H groups in total. The number of aliphatic hydroxyl groups is 2. The summed E-state index contributed by atoms with van der Waals surface area (Å²) in [6.45, 7) is 1.57. The maximum atomic E-state index is 14.6. The van der Waals surface area contributed by atoms with Crippen LogP contribution in [0.5, 0.6) is 5.75 Å². The normalized spacial score (nSPS) is 11.9. The molecule has 0 bridgehead atoms. The first-order valence-electron chi connectivity index (χ1n) is 10.3. The molecule has 0 aromatic heterocycles. The summed E-state index contributed by atoms with van der Waals surface area (Å²) in [7, 11) is 1.35. The van der Waals surface area contributed by atoms with Gasteiger partial charge in [-0.05, 0) is 42.3 Å². The first kappa shape index (κ1) is 28.2. The Balaban J connectivity index is 2.23. The van der Waals surface area contributed by atoms with Gasteiger partial charge in [-0.3, -0.25) is 9.79 Å². The van der Waals surface area contributed by atoms with Gasteiger partial charge in [0.2, 0.25) is 0 Å². The molecular weight excluding hydrogens is 497 g/mol. The van der Waals surface area contributed by atoms with Crippen molar-refractivity contribution in [3.05, 3.63) is 69.5 Å². The standard InChI is InChI=1S/C23H23ClFN5O6/c1-12-8-13(16(24)9-14(12)22(32)33)5-7-36-20-11-19(15(23(34)35)10-17(20)25)29-21(31)18(27-2)4-3-6-28-30-26/h3-4,6,8-11,23,26,34-35H,5,7H2,1-2H3,(H,29,31)(H,32,33)/b4-3-,27-18+,28-6+,30-26?. The second-order valence-electron chi connectivity index (χ2n) is 7.19. The van der Waals surface area contributed by atoms with Gasteiger partial charge in [-0.2, -0.15) is 5.53 Å². The van der Waals surface area contributed by atoms with Gasteiger partial charge in [0, 0.05) is 30.1 Å². The van der Waals surface area contributed by atoms with Gasteiger partial charge in [-0.15, -0.1) is 5.10 Å². The van der Waals surface area contributed by atoms with Gasteiger partial charge in [0.1, 0.15) is 5.71 Å². The van der Waals surface area contributed by atoms with E-state index in [1.54, 1.807) is 13.0 Å². The quantitative estimate of drug-likeness (QED) is 0.131. The monoisotopic (exact) mass is 519 g/mol. The number of allylic oxidation sites excluding steroid dienone is 1. The Hall–Kier alpha value is -4.00. The van der Waals surface area contributed by atoms with Gasteiger partial charge in [-0.25, -0.2) is 9.18 Å². The third kappa shape index (κ3) is 7.50. The van der Waals surface area contributed by atoms with Gasteiger partial charge in [0.05, 0.1) is 24.1 Å². The molecule has 0 aliphatic carbocycles. The first-order valence-corrected chi connectivity index (χ1v) is 10.7. The van der Waals surface area contributed by atoms with Gasteiger partial charge < -0.3 is 25.4 Å². The van der Waals surface area contributed by atoms with Crippen molar-refractivity contribution in [3.8, 4) is 5.75 Å². The SMILES string of the molecule is C\N=C(/C=C\C=N\N=N)C(=O)Nc1cc(OCCc2cc(C)c(C(=O)O)cc2Cl)c(F)cc1C(O)O. The topological polar surface area (TPSA) is 177 Å². The minimum absolute atomic E-state index is 0.0539. The number of aliphatic imine (C=N–C) groups is 1. The Morgan fingerprint density at radius 3 is 2.61 bits per heavy atom. The number of hydrogen-bond acceptors (Lipinski definition) is 8. The van der Waals surface area contributed by atoms with Crippen molar-refractivity contribution in [1.82, 2.24) is 0 Å². The summed E-state index contributed by atoms with van der Waals surface area (Å²) in [6.07, 6.45) is 1.87. The average molecular weight is 520 g/mol. The number of halogens is 2. The molecule has 2 aromatic rings. The largest absolute Gasteiger partial charge is 0.490 e. The second-order valence-corrected chi connectivity index (χ2v) is 7.60. The second kappa shape index (κ2) is 13.2. The van der Waals surface area contributed by atoms with Crippen molar-refractivity contribution in [3.63, 3.8) is 0 Å². The molecule has 0 aliphatic rings. The summed E-state index contributed by atoms with van der Waals surface area (Å²) in [5, 5.41) is 37.1. The molecule has 0 unspecified atom stereocenters. The Morgan fingerprint density at radius 1 is 1.28 bits per heavy atom. The molecule has 0 saturated heterocycles. The number of aliphatic hydroxyl groups excluding tert-OH is 1. The first-order chi connectivity index (χ1) is 17.1. The van der Waals surface area contributed by atoms with Crippen molar-refractivity contribution >= 4 is 41.1 Å². The zero-order chi connectivity index (χ0) is 26.8. The summed E-state index contributed by atoms with van der Waals surface area (Å²) in [5.74, 6) is -3.04. The molecule has 2 aromatic carbocycles. The third-order valence-electron chi connectivity index (χ3n) is 4.82. The molecule has 0 fully saturated rings. The van der Waals surface area contributed by atoms with E-state index in [1.807, 2.05) is 0 Å². The predicted molar refractivity (Wildman–Crippen MR) is 131 cm³/mol. The number of carboxylic acid groups (broad SMARTS) is 1. The van der Waals surface area contributed by atoms with E-state index in [4.69, 9.17) is 21.9 Å². The highest BCUT2D eigenvalue weighted by Gasteiger charge is 2.19. The zero-order valence-electron chi connectivity index (χ0n) is 19.2. The molecule has 2 rings (SSSR count). The number of nitrogens with one attached hydrogen (secondary N) is 2. The Bertz CT molecular complexity index is 1250. The number of carbonyl (C=O) groups excluding carboxylic acids is 1. The fourth-order valence-corrected chi connectivity index (χ4v) is 3.34. The minimum Gasteiger partial charge on any atom is -0.490 e. The highest BCUT2D eigenvalue weighted by atomic mass is 35.5. The lowest BCUT2D eigenvalue weighted by Gasteiger charge is -2.16. The molecular formula is C23H23ClFN5O6. The summed E-state index contributed by atoms with van der Waals surface area (Å²) in [6, 6.07) is 4.84. The van der Waals surface area contributed by atoms with E-state index < -0.39 is 24.0 Å². The number of amides is 1. The van der Waals surface area contributed by atoms with Crippen molar-refractivity contribution in [2.45, 2.75) is 19.6 Å². The number of aryl methyl sites for hydroxylation is 1. The molecule has 36 heavy (non-hydrogen) atoms. The van der Waals surface area contributed by atoms with Crippen LogP contribution in [-0.2, 0) is 11.2 Å². The van der Waals surface area contributed by atoms with Crippen LogP contribution in [0.2, 0.25) is 5.02 Å². The van der Waals surface area contributed by atoms with Crippen LogP contribution in [0.4, 0.5) is 10.1 Å². The van der Waals surface area contributed by atoms with E-state index in [9.17, 15) is 29.3 Å². The summed E-state index contributed by atoms with van der Waals surface area (Å²) in [4.78, 5) is 27.6. The number of hydrogen-bond donors (Lipinski definition) is 5. The van der Waals surface area contributed by atoms with Crippen molar-refractivity contribution in [1.29, 1.82) is 5.53 Å². The lowest BCUT2D eigenvalue weighted by atomic mass is 10.0. The summed E-state index contributed by atoms with van der Waals surface area (Å²) in [5.41, 5.74) is 7.21. The molecule has 0 aliphatic heterocycles. The molecule has 1 amide bonds. The lowest BCUT2D eigenvalue weighted by molar-refractivity contribution is -0.110. The molecule has 0 radical (unpaired) electrons. The van der Waals surface area contributed by atoms with Crippen LogP contribution in [0.1, 0.15) is 33.3 Å². The lowest BCUT2D eigenvalue weighted by Crippen LogP contribution is -2.22. The summed E-state index contributed by atoms with van der Waals surface area (Å²) >= 11 is 6.16. The minimum atomic E-state index is -2.10. The van der Waals surface area contributed by atoms with E-state index in [2.05, 4.69) is 20.6 Å². The van der Waals surface area contributed by atoms with Crippen LogP contribution in [0.3, 0.4) is 0 Å². The van der Waals surface area contributed by atoms with Crippen LogP contribution >= 0.6 is 11.6 Å². The molecule has 11 nitrogen and oxygen atoms in total. The van der Waals surface area contributed by atoms with E-state index in [1.165, 1.54) is 25.3 Å². The maximum absolute atomic E-state index is 14.6. The Morgan fingerprint density at radius 2 is 2.00 bits per heavy atom. The average Bonchev–Trinajstić information content (AvgIpc) is 2.82. The number of benzene rings is 2. The van der Waals surface area contributed by atoms with Crippen LogP contribution in [-0.4, -0.2) is 52.8 Å². The number of aromatic carboxylic acids is 1. The Labute approximate surface area is 210 Å². The number of rotatable bonds is 11. The third-order valence-corrected chi connectivity index (χ3v) is 5.17. The van der Waals surface area contributed by atoms with E-state index in [0.717, 1.165) is 18.3 Å². The predicted octanol–water partition coefficient (Wildman–Crippen LogP) is 3.67. The highest BCUT2D eigenvalue weighted by molar-refractivity contribution is 6.47. The molecule has 190 valence electrons. The highest BCUT2D eigenvalue weighted by Crippen LogP contribution is 2.30. The number of carboxylic acids is 1. The van der Waals surface area contributed by atoms with Crippen LogP contribution < -0.4 is 10.1 Å². The van der Waals surface area contributed by atoms with Crippen LogP contribution in [0, 0.1) is 18.3 Å². The number of ether oxygens (including phenoxy) is 1. The number of anilines is 1. The van der Waals surface area contributed by atoms with Gasteiger partial charge in [0.25, 0.3) is 5.91 Å². The number of nitrogens with zero attached hydrogens (tertiary/aromatic N) is 3. The zero-order valence-corrected chi connectivity index (χ0v) is 20.0. The Kier molecular flexibility index (Phi) is 10.3. The van der Waals surface area contributed by atoms with E-state index >= 15 is 0 Å². The molecule has 0 atom stereocenters.